The molecule has 3 nitrogen and oxygen atoms in total. The summed E-state index contributed by atoms with van der Waals surface area (Å²) in [5, 5.41) is 2.97. The van der Waals surface area contributed by atoms with Gasteiger partial charge in [0.1, 0.15) is 5.82 Å². The fourth-order valence-corrected chi connectivity index (χ4v) is 1.80. The minimum Gasteiger partial charge on any atom is -0.318 e. The van der Waals surface area contributed by atoms with Crippen molar-refractivity contribution in [3.8, 4) is 0 Å². The van der Waals surface area contributed by atoms with Gasteiger partial charge in [0.05, 0.1) is 12.1 Å². The summed E-state index contributed by atoms with van der Waals surface area (Å²) in [5.41, 5.74) is 1.63. The molecule has 0 saturated heterocycles. The SMILES string of the molecule is CNCCN1C(=O)Cc2ccc(F)cc21. The maximum atomic E-state index is 13.0. The lowest BCUT2D eigenvalue weighted by atomic mass is 10.1. The van der Waals surface area contributed by atoms with Gasteiger partial charge in [-0.3, -0.25) is 4.79 Å². The molecule has 15 heavy (non-hydrogen) atoms. The van der Waals surface area contributed by atoms with Crippen molar-refractivity contribution in [3.63, 3.8) is 0 Å². The molecule has 0 atom stereocenters. The second-order valence-corrected chi connectivity index (χ2v) is 3.60. The Balaban J connectivity index is 2.27. The summed E-state index contributed by atoms with van der Waals surface area (Å²) < 4.78 is 13.0. The number of likely N-dealkylation sites (N-methyl/N-ethyl adjacent to an activating group) is 1. The van der Waals surface area contributed by atoms with Gasteiger partial charge in [-0.15, -0.1) is 0 Å². The molecular weight excluding hydrogens is 195 g/mol. The highest BCUT2D eigenvalue weighted by molar-refractivity contribution is 6.01. The van der Waals surface area contributed by atoms with Crippen LogP contribution in [-0.2, 0) is 11.2 Å². The van der Waals surface area contributed by atoms with Crippen molar-refractivity contribution in [1.29, 1.82) is 0 Å². The van der Waals surface area contributed by atoms with Crippen molar-refractivity contribution in [2.45, 2.75) is 6.42 Å². The zero-order valence-electron chi connectivity index (χ0n) is 8.59. The van der Waals surface area contributed by atoms with Gasteiger partial charge in [-0.2, -0.15) is 0 Å². The van der Waals surface area contributed by atoms with Crippen LogP contribution in [0, 0.1) is 5.82 Å². The van der Waals surface area contributed by atoms with Gasteiger partial charge in [-0.05, 0) is 24.7 Å². The van der Waals surface area contributed by atoms with E-state index in [-0.39, 0.29) is 11.7 Å². The van der Waals surface area contributed by atoms with E-state index in [1.807, 2.05) is 7.05 Å². The van der Waals surface area contributed by atoms with Gasteiger partial charge in [-0.1, -0.05) is 6.07 Å². The number of fused-ring (bicyclic) bond motifs is 1. The molecule has 0 radical (unpaired) electrons. The van der Waals surface area contributed by atoms with E-state index in [2.05, 4.69) is 5.32 Å². The topological polar surface area (TPSA) is 32.3 Å². The number of hydrogen-bond acceptors (Lipinski definition) is 2. The van der Waals surface area contributed by atoms with Crippen molar-refractivity contribution < 1.29 is 9.18 Å². The zero-order valence-corrected chi connectivity index (χ0v) is 8.59. The number of halogens is 1. The first-order valence-electron chi connectivity index (χ1n) is 4.96. The number of anilines is 1. The number of amides is 1. The summed E-state index contributed by atoms with van der Waals surface area (Å²) in [6.45, 7) is 1.30. The highest BCUT2D eigenvalue weighted by Gasteiger charge is 2.26. The first kappa shape index (κ1) is 10.1. The van der Waals surface area contributed by atoms with E-state index in [9.17, 15) is 9.18 Å². The van der Waals surface area contributed by atoms with Crippen LogP contribution < -0.4 is 10.2 Å². The lowest BCUT2D eigenvalue weighted by Gasteiger charge is -2.16. The van der Waals surface area contributed by atoms with Gasteiger partial charge in [0.2, 0.25) is 5.91 Å². The fraction of sp³-hybridized carbons (Fsp3) is 0.364. The van der Waals surface area contributed by atoms with Crippen molar-refractivity contribution in [3.05, 3.63) is 29.6 Å². The Morgan fingerprint density at radius 3 is 3.07 bits per heavy atom. The van der Waals surface area contributed by atoms with E-state index in [4.69, 9.17) is 0 Å². The Labute approximate surface area is 87.9 Å². The van der Waals surface area contributed by atoms with Gasteiger partial charge >= 0.3 is 0 Å². The number of hydrogen-bond donors (Lipinski definition) is 1. The molecule has 2 rings (SSSR count). The molecule has 0 spiro atoms. The number of benzene rings is 1. The summed E-state index contributed by atoms with van der Waals surface area (Å²) in [6.07, 6.45) is 0.388. The minimum atomic E-state index is -0.294. The molecule has 0 unspecified atom stereocenters. The number of carbonyl (C=O) groups excluding carboxylic acids is 1. The van der Waals surface area contributed by atoms with Crippen molar-refractivity contribution >= 4 is 11.6 Å². The molecule has 1 N–H and O–H groups in total. The van der Waals surface area contributed by atoms with E-state index in [1.54, 1.807) is 11.0 Å². The average Bonchev–Trinajstić information content (AvgIpc) is 2.51. The summed E-state index contributed by atoms with van der Waals surface area (Å²) in [4.78, 5) is 13.3. The lowest BCUT2D eigenvalue weighted by molar-refractivity contribution is -0.117. The third kappa shape index (κ3) is 1.85. The number of rotatable bonds is 3. The molecule has 4 heteroatoms. The molecule has 0 aliphatic carbocycles. The van der Waals surface area contributed by atoms with Gasteiger partial charge in [-0.25, -0.2) is 4.39 Å². The third-order valence-corrected chi connectivity index (χ3v) is 2.57. The normalized spacial score (nSPS) is 14.5. The van der Waals surface area contributed by atoms with Crippen LogP contribution in [0.15, 0.2) is 18.2 Å². The first-order chi connectivity index (χ1) is 7.22. The molecule has 1 aliphatic rings. The van der Waals surface area contributed by atoms with Crippen molar-refractivity contribution in [2.75, 3.05) is 25.0 Å². The molecule has 1 amide bonds. The van der Waals surface area contributed by atoms with Gasteiger partial charge < -0.3 is 10.2 Å². The molecule has 1 heterocycles. The summed E-state index contributed by atoms with van der Waals surface area (Å²) in [6, 6.07) is 4.51. The van der Waals surface area contributed by atoms with E-state index in [1.165, 1.54) is 12.1 Å². The summed E-state index contributed by atoms with van der Waals surface area (Å²) >= 11 is 0. The van der Waals surface area contributed by atoms with Crippen LogP contribution in [0.5, 0.6) is 0 Å². The second kappa shape index (κ2) is 3.98. The van der Waals surface area contributed by atoms with Crippen LogP contribution in [0.1, 0.15) is 5.56 Å². The van der Waals surface area contributed by atoms with Crippen LogP contribution in [0.4, 0.5) is 10.1 Å². The first-order valence-corrected chi connectivity index (χ1v) is 4.96. The standard InChI is InChI=1S/C11H13FN2O/c1-13-4-5-14-10-7-9(12)3-2-8(10)6-11(14)15/h2-3,7,13H,4-6H2,1H3. The van der Waals surface area contributed by atoms with Gasteiger partial charge in [0.15, 0.2) is 0 Å². The number of nitrogens with zero attached hydrogens (tertiary/aromatic N) is 1. The highest BCUT2D eigenvalue weighted by atomic mass is 19.1. The van der Waals surface area contributed by atoms with E-state index < -0.39 is 0 Å². The quantitative estimate of drug-likeness (QED) is 0.801. The minimum absolute atomic E-state index is 0.0471. The van der Waals surface area contributed by atoms with Gasteiger partial charge in [0.25, 0.3) is 0 Å². The molecule has 1 aromatic carbocycles. The number of carbonyl (C=O) groups is 1. The Hall–Kier alpha value is -1.42. The Bertz CT molecular complexity index is 392. The smallest absolute Gasteiger partial charge is 0.231 e. The maximum Gasteiger partial charge on any atom is 0.231 e. The zero-order chi connectivity index (χ0) is 10.8. The van der Waals surface area contributed by atoms with Crippen LogP contribution >= 0.6 is 0 Å². The highest BCUT2D eigenvalue weighted by Crippen LogP contribution is 2.28. The fourth-order valence-electron chi connectivity index (χ4n) is 1.80. The van der Waals surface area contributed by atoms with Crippen LogP contribution in [0.2, 0.25) is 0 Å². The van der Waals surface area contributed by atoms with Crippen molar-refractivity contribution in [2.24, 2.45) is 0 Å². The largest absolute Gasteiger partial charge is 0.318 e. The van der Waals surface area contributed by atoms with E-state index in [0.717, 1.165) is 11.3 Å². The Morgan fingerprint density at radius 1 is 1.53 bits per heavy atom. The third-order valence-electron chi connectivity index (χ3n) is 2.57. The Morgan fingerprint density at radius 2 is 2.33 bits per heavy atom. The summed E-state index contributed by atoms with van der Waals surface area (Å²) in [5.74, 6) is -0.247. The molecule has 80 valence electrons. The molecule has 0 aromatic heterocycles. The maximum absolute atomic E-state index is 13.0. The number of nitrogens with one attached hydrogen (secondary N) is 1. The monoisotopic (exact) mass is 208 g/mol. The van der Waals surface area contributed by atoms with Crippen LogP contribution in [-0.4, -0.2) is 26.0 Å². The average molecular weight is 208 g/mol. The van der Waals surface area contributed by atoms with E-state index >= 15 is 0 Å². The molecule has 0 fully saturated rings. The molecule has 1 aromatic rings. The van der Waals surface area contributed by atoms with Gasteiger partial charge in [0, 0.05) is 13.1 Å². The molecule has 0 bridgehead atoms. The molecular formula is C11H13FN2O. The second-order valence-electron chi connectivity index (χ2n) is 3.60. The van der Waals surface area contributed by atoms with Crippen molar-refractivity contribution in [1.82, 2.24) is 5.32 Å². The van der Waals surface area contributed by atoms with Crippen LogP contribution in [0.3, 0.4) is 0 Å². The lowest BCUT2D eigenvalue weighted by Crippen LogP contribution is -2.33. The molecule has 1 aliphatic heterocycles. The predicted molar refractivity (Wildman–Crippen MR) is 56.4 cm³/mol. The Kier molecular flexibility index (Phi) is 2.68. The summed E-state index contributed by atoms with van der Waals surface area (Å²) in [7, 11) is 1.83. The molecule has 0 saturated carbocycles. The predicted octanol–water partition coefficient (Wildman–Crippen LogP) is 0.934. The van der Waals surface area contributed by atoms with E-state index in [0.29, 0.717) is 19.5 Å². The van der Waals surface area contributed by atoms with Crippen LogP contribution in [0.25, 0.3) is 0 Å².